The molecule has 1 aromatic rings. The fraction of sp³-hybridized carbons (Fsp3) is 0.667. The van der Waals surface area contributed by atoms with Crippen molar-refractivity contribution in [2.75, 3.05) is 12.9 Å². The van der Waals surface area contributed by atoms with E-state index in [0.717, 1.165) is 18.7 Å². The van der Waals surface area contributed by atoms with Crippen LogP contribution in [0.15, 0.2) is 5.16 Å². The van der Waals surface area contributed by atoms with E-state index in [2.05, 4.69) is 10.2 Å². The molecular formula is C9H13N3O3S. The van der Waals surface area contributed by atoms with Crippen LogP contribution in [0.25, 0.3) is 0 Å². The van der Waals surface area contributed by atoms with Crippen LogP contribution in [0.1, 0.15) is 24.7 Å². The van der Waals surface area contributed by atoms with Crippen LogP contribution in [0.2, 0.25) is 0 Å². The summed E-state index contributed by atoms with van der Waals surface area (Å²) in [6.45, 7) is 0.414. The highest BCUT2D eigenvalue weighted by atomic mass is 32.2. The molecule has 1 aliphatic rings. The molecule has 2 rings (SSSR count). The molecule has 1 saturated carbocycles. The van der Waals surface area contributed by atoms with E-state index in [4.69, 9.17) is 9.84 Å². The second kappa shape index (κ2) is 4.84. The molecule has 1 N–H and O–H groups in total. The molecule has 88 valence electrons. The van der Waals surface area contributed by atoms with Gasteiger partial charge in [0.15, 0.2) is 11.0 Å². The first-order valence-electron chi connectivity index (χ1n) is 4.99. The Morgan fingerprint density at radius 2 is 2.38 bits per heavy atom. The van der Waals surface area contributed by atoms with Crippen molar-refractivity contribution in [3.05, 3.63) is 5.82 Å². The Hall–Kier alpha value is -1.08. The quantitative estimate of drug-likeness (QED) is 0.749. The fourth-order valence-corrected chi connectivity index (χ4v) is 2.20. The summed E-state index contributed by atoms with van der Waals surface area (Å²) < 4.78 is 7.03. The number of aliphatic carboxylic acids is 1. The average molecular weight is 243 g/mol. The lowest BCUT2D eigenvalue weighted by atomic mass is 10.6. The lowest BCUT2D eigenvalue weighted by Gasteiger charge is -2.06. The highest BCUT2D eigenvalue weighted by molar-refractivity contribution is 7.99. The van der Waals surface area contributed by atoms with E-state index in [9.17, 15) is 4.79 Å². The normalized spacial score (nSPS) is 15.3. The number of thioether (sulfide) groups is 1. The highest BCUT2D eigenvalue weighted by Gasteiger charge is 2.29. The fourth-order valence-electron chi connectivity index (χ4n) is 1.46. The second-order valence-corrected chi connectivity index (χ2v) is 4.56. The molecule has 0 spiro atoms. The third kappa shape index (κ3) is 2.53. The number of carboxylic acids is 1. The largest absolute Gasteiger partial charge is 0.481 e. The molecular weight excluding hydrogens is 230 g/mol. The first kappa shape index (κ1) is 11.4. The molecule has 0 atom stereocenters. The zero-order valence-corrected chi connectivity index (χ0v) is 9.74. The van der Waals surface area contributed by atoms with Gasteiger partial charge in [0.25, 0.3) is 0 Å². The average Bonchev–Trinajstić information content (AvgIpc) is 2.99. The molecule has 0 aliphatic heterocycles. The molecule has 0 bridgehead atoms. The van der Waals surface area contributed by atoms with E-state index in [0.29, 0.717) is 17.8 Å². The number of methoxy groups -OCH3 is 1. The maximum Gasteiger partial charge on any atom is 0.313 e. The molecule has 0 radical (unpaired) electrons. The summed E-state index contributed by atoms with van der Waals surface area (Å²) in [6.07, 6.45) is 2.21. The summed E-state index contributed by atoms with van der Waals surface area (Å²) in [5.74, 6) is -0.0563. The van der Waals surface area contributed by atoms with Gasteiger partial charge in [-0.1, -0.05) is 11.8 Å². The predicted molar refractivity (Wildman–Crippen MR) is 57.4 cm³/mol. The minimum Gasteiger partial charge on any atom is -0.481 e. The maximum atomic E-state index is 10.5. The molecule has 0 amide bonds. The Morgan fingerprint density at radius 1 is 1.62 bits per heavy atom. The van der Waals surface area contributed by atoms with Gasteiger partial charge in [0.2, 0.25) is 0 Å². The first-order chi connectivity index (χ1) is 7.72. The van der Waals surface area contributed by atoms with Gasteiger partial charge >= 0.3 is 5.97 Å². The number of nitrogens with zero attached hydrogens (tertiary/aromatic N) is 3. The van der Waals surface area contributed by atoms with Gasteiger partial charge in [-0.3, -0.25) is 4.79 Å². The zero-order valence-electron chi connectivity index (χ0n) is 8.92. The van der Waals surface area contributed by atoms with E-state index in [-0.39, 0.29) is 5.75 Å². The molecule has 6 nitrogen and oxygen atoms in total. The number of hydrogen-bond donors (Lipinski definition) is 1. The van der Waals surface area contributed by atoms with Crippen LogP contribution in [-0.2, 0) is 16.1 Å². The Morgan fingerprint density at radius 3 is 2.94 bits per heavy atom. The van der Waals surface area contributed by atoms with Crippen molar-refractivity contribution in [2.24, 2.45) is 0 Å². The van der Waals surface area contributed by atoms with Crippen molar-refractivity contribution in [1.82, 2.24) is 14.8 Å². The Kier molecular flexibility index (Phi) is 3.45. The van der Waals surface area contributed by atoms with Crippen LogP contribution in [0.3, 0.4) is 0 Å². The zero-order chi connectivity index (χ0) is 11.5. The highest BCUT2D eigenvalue weighted by Crippen LogP contribution is 2.38. The van der Waals surface area contributed by atoms with Crippen LogP contribution >= 0.6 is 11.8 Å². The number of carbonyl (C=O) groups is 1. The van der Waals surface area contributed by atoms with Gasteiger partial charge < -0.3 is 14.4 Å². The molecule has 1 heterocycles. The predicted octanol–water partition coefficient (Wildman–Crippen LogP) is 0.936. The number of rotatable bonds is 6. The number of hydrogen-bond acceptors (Lipinski definition) is 5. The topological polar surface area (TPSA) is 77.2 Å². The molecule has 1 fully saturated rings. The Balaban J connectivity index is 2.13. The van der Waals surface area contributed by atoms with Gasteiger partial charge in [-0.25, -0.2) is 0 Å². The Labute approximate surface area is 97.0 Å². The summed E-state index contributed by atoms with van der Waals surface area (Å²) in [5.41, 5.74) is 0. The third-order valence-electron chi connectivity index (χ3n) is 2.25. The standard InChI is InChI=1S/C9H13N3O3S/c1-15-4-7-10-11-9(16-5-8(13)14)12(7)6-2-3-6/h6H,2-5H2,1H3,(H,13,14). The molecule has 1 aliphatic carbocycles. The third-order valence-corrected chi connectivity index (χ3v) is 3.17. The Bertz CT molecular complexity index is 389. The van der Waals surface area contributed by atoms with Crippen molar-refractivity contribution in [2.45, 2.75) is 30.6 Å². The van der Waals surface area contributed by atoms with Crippen LogP contribution in [0.4, 0.5) is 0 Å². The number of carboxylic acid groups (broad SMARTS) is 1. The summed E-state index contributed by atoms with van der Waals surface area (Å²) >= 11 is 1.20. The minimum absolute atomic E-state index is 0.0117. The SMILES string of the molecule is COCc1nnc(SCC(=O)O)n1C1CC1. The monoisotopic (exact) mass is 243 g/mol. The van der Waals surface area contributed by atoms with E-state index in [1.165, 1.54) is 11.8 Å². The molecule has 0 saturated heterocycles. The van der Waals surface area contributed by atoms with Crippen LogP contribution < -0.4 is 0 Å². The van der Waals surface area contributed by atoms with E-state index >= 15 is 0 Å². The van der Waals surface area contributed by atoms with Crippen LogP contribution in [0, 0.1) is 0 Å². The van der Waals surface area contributed by atoms with Crippen molar-refractivity contribution < 1.29 is 14.6 Å². The van der Waals surface area contributed by atoms with Crippen molar-refractivity contribution in [1.29, 1.82) is 0 Å². The van der Waals surface area contributed by atoms with Crippen LogP contribution in [-0.4, -0.2) is 38.7 Å². The van der Waals surface area contributed by atoms with Gasteiger partial charge in [-0.2, -0.15) is 0 Å². The van der Waals surface area contributed by atoms with E-state index in [1.54, 1.807) is 7.11 Å². The summed E-state index contributed by atoms with van der Waals surface area (Å²) in [4.78, 5) is 10.5. The van der Waals surface area contributed by atoms with Crippen molar-refractivity contribution in [3.8, 4) is 0 Å². The molecule has 1 aromatic heterocycles. The number of ether oxygens (including phenoxy) is 1. The van der Waals surface area contributed by atoms with Gasteiger partial charge in [0.05, 0.1) is 5.75 Å². The summed E-state index contributed by atoms with van der Waals surface area (Å²) in [5, 5.41) is 17.3. The lowest BCUT2D eigenvalue weighted by molar-refractivity contribution is -0.133. The van der Waals surface area contributed by atoms with Gasteiger partial charge in [-0.05, 0) is 12.8 Å². The summed E-state index contributed by atoms with van der Waals surface area (Å²) in [7, 11) is 1.61. The van der Waals surface area contributed by atoms with E-state index in [1.807, 2.05) is 4.57 Å². The number of aromatic nitrogens is 3. The molecule has 0 aromatic carbocycles. The molecule has 16 heavy (non-hydrogen) atoms. The smallest absolute Gasteiger partial charge is 0.313 e. The molecule has 0 unspecified atom stereocenters. The lowest BCUT2D eigenvalue weighted by Crippen LogP contribution is -2.05. The first-order valence-corrected chi connectivity index (χ1v) is 5.98. The minimum atomic E-state index is -0.844. The van der Waals surface area contributed by atoms with Gasteiger partial charge in [-0.15, -0.1) is 10.2 Å². The van der Waals surface area contributed by atoms with Gasteiger partial charge in [0, 0.05) is 13.2 Å². The van der Waals surface area contributed by atoms with Gasteiger partial charge in [0.1, 0.15) is 6.61 Å². The second-order valence-electron chi connectivity index (χ2n) is 3.62. The van der Waals surface area contributed by atoms with Crippen molar-refractivity contribution >= 4 is 17.7 Å². The maximum absolute atomic E-state index is 10.5. The van der Waals surface area contributed by atoms with Crippen molar-refractivity contribution in [3.63, 3.8) is 0 Å². The molecule has 7 heteroatoms. The van der Waals surface area contributed by atoms with Crippen LogP contribution in [0.5, 0.6) is 0 Å². The summed E-state index contributed by atoms with van der Waals surface area (Å²) in [6, 6.07) is 0.427. The van der Waals surface area contributed by atoms with E-state index < -0.39 is 5.97 Å².